The average Bonchev–Trinajstić information content (AvgIpc) is 3.08. The van der Waals surface area contributed by atoms with Gasteiger partial charge < -0.3 is 19.5 Å². The number of aromatic nitrogens is 3. The highest BCUT2D eigenvalue weighted by Gasteiger charge is 2.35. The Morgan fingerprint density at radius 2 is 2.08 bits per heavy atom. The predicted octanol–water partition coefficient (Wildman–Crippen LogP) is 1.17. The molecule has 126 valence electrons. The van der Waals surface area contributed by atoms with Crippen LogP contribution < -0.4 is 4.90 Å². The van der Waals surface area contributed by atoms with Crippen molar-refractivity contribution in [1.82, 2.24) is 19.9 Å². The summed E-state index contributed by atoms with van der Waals surface area (Å²) in [7, 11) is 0. The third-order valence-electron chi connectivity index (χ3n) is 4.79. The molecular weight excluding hydrogens is 306 g/mol. The molecule has 4 rings (SSSR count). The minimum Gasteiger partial charge on any atom is -0.374 e. The first-order chi connectivity index (χ1) is 11.8. The van der Waals surface area contributed by atoms with E-state index in [-0.39, 0.29) is 12.0 Å². The Morgan fingerprint density at radius 3 is 2.88 bits per heavy atom. The largest absolute Gasteiger partial charge is 0.374 e. The Morgan fingerprint density at radius 1 is 1.21 bits per heavy atom. The fourth-order valence-corrected chi connectivity index (χ4v) is 3.51. The van der Waals surface area contributed by atoms with E-state index < -0.39 is 0 Å². The number of carbonyl (C=O) groups excluding carboxylic acids is 1. The van der Waals surface area contributed by atoms with E-state index in [0.29, 0.717) is 24.8 Å². The highest BCUT2D eigenvalue weighted by molar-refractivity contribution is 5.92. The molecule has 2 saturated heterocycles. The number of amides is 1. The molecule has 0 saturated carbocycles. The number of ether oxygens (including phenoxy) is 1. The number of hydrogen-bond acceptors (Lipinski definition) is 5. The molecule has 2 aliphatic rings. The van der Waals surface area contributed by atoms with Gasteiger partial charge in [-0.2, -0.15) is 0 Å². The fraction of sp³-hybridized carbons (Fsp3) is 0.471. The number of nitrogens with one attached hydrogen (secondary N) is 1. The van der Waals surface area contributed by atoms with Crippen molar-refractivity contribution in [1.29, 1.82) is 0 Å². The average molecular weight is 327 g/mol. The Hall–Kier alpha value is -2.41. The standard InChI is InChI=1S/C17H21N5O2/c23-16(14-3-1-5-18-14)21-8-4-13-11-22(9-10-24-15(13)12-21)17-19-6-2-7-20-17/h1-3,5-7,13,15,18H,4,8-12H2/t13-,15-/m1/s1. The Balaban J connectivity index is 1.44. The first-order valence-electron chi connectivity index (χ1n) is 8.37. The lowest BCUT2D eigenvalue weighted by Gasteiger charge is -2.37. The fourth-order valence-electron chi connectivity index (χ4n) is 3.51. The van der Waals surface area contributed by atoms with Crippen LogP contribution in [0, 0.1) is 5.92 Å². The summed E-state index contributed by atoms with van der Waals surface area (Å²) in [6, 6.07) is 5.49. The zero-order chi connectivity index (χ0) is 16.4. The molecule has 2 aromatic rings. The molecule has 0 aliphatic carbocycles. The quantitative estimate of drug-likeness (QED) is 0.896. The molecule has 0 unspecified atom stereocenters. The topological polar surface area (TPSA) is 74.4 Å². The van der Waals surface area contributed by atoms with Gasteiger partial charge in [-0.3, -0.25) is 4.79 Å². The van der Waals surface area contributed by atoms with Gasteiger partial charge in [0, 0.05) is 50.7 Å². The number of rotatable bonds is 2. The Bertz CT molecular complexity index is 676. The van der Waals surface area contributed by atoms with E-state index in [0.717, 1.165) is 32.0 Å². The summed E-state index contributed by atoms with van der Waals surface area (Å²) < 4.78 is 6.06. The molecule has 1 N–H and O–H groups in total. The van der Waals surface area contributed by atoms with Crippen molar-refractivity contribution in [2.75, 3.05) is 37.7 Å². The van der Waals surface area contributed by atoms with Crippen LogP contribution in [0.15, 0.2) is 36.8 Å². The van der Waals surface area contributed by atoms with Gasteiger partial charge in [-0.25, -0.2) is 9.97 Å². The monoisotopic (exact) mass is 327 g/mol. The minimum absolute atomic E-state index is 0.0505. The number of aromatic amines is 1. The second-order valence-corrected chi connectivity index (χ2v) is 6.29. The first kappa shape index (κ1) is 15.1. The van der Waals surface area contributed by atoms with Gasteiger partial charge in [0.1, 0.15) is 5.69 Å². The lowest BCUT2D eigenvalue weighted by Crippen LogP contribution is -2.49. The van der Waals surface area contributed by atoms with E-state index in [4.69, 9.17) is 4.74 Å². The van der Waals surface area contributed by atoms with Crippen molar-refractivity contribution in [3.63, 3.8) is 0 Å². The van der Waals surface area contributed by atoms with Crippen LogP contribution in [0.3, 0.4) is 0 Å². The molecule has 2 fully saturated rings. The minimum atomic E-state index is 0.0505. The summed E-state index contributed by atoms with van der Waals surface area (Å²) in [5.74, 6) is 1.20. The van der Waals surface area contributed by atoms with Gasteiger partial charge in [0.05, 0.1) is 12.7 Å². The van der Waals surface area contributed by atoms with Crippen molar-refractivity contribution in [2.24, 2.45) is 5.92 Å². The van der Waals surface area contributed by atoms with Crippen LogP contribution in [-0.4, -0.2) is 64.6 Å². The van der Waals surface area contributed by atoms with E-state index in [1.54, 1.807) is 18.6 Å². The maximum absolute atomic E-state index is 12.5. The van der Waals surface area contributed by atoms with Gasteiger partial charge in [-0.15, -0.1) is 0 Å². The summed E-state index contributed by atoms with van der Waals surface area (Å²) in [4.78, 5) is 28.3. The second kappa shape index (κ2) is 6.60. The zero-order valence-electron chi connectivity index (χ0n) is 13.5. The number of likely N-dealkylation sites (tertiary alicyclic amines) is 1. The molecule has 0 aromatic carbocycles. The van der Waals surface area contributed by atoms with Gasteiger partial charge in [0.15, 0.2) is 0 Å². The number of anilines is 1. The SMILES string of the molecule is O=C(c1ccc[nH]1)N1CC[C@@H]2CN(c3ncccn3)CCO[C@@H]2C1. The lowest BCUT2D eigenvalue weighted by atomic mass is 9.93. The molecule has 0 spiro atoms. The molecule has 2 atom stereocenters. The van der Waals surface area contributed by atoms with Crippen molar-refractivity contribution in [2.45, 2.75) is 12.5 Å². The summed E-state index contributed by atoms with van der Waals surface area (Å²) in [5.41, 5.74) is 0.640. The summed E-state index contributed by atoms with van der Waals surface area (Å²) in [5, 5.41) is 0. The van der Waals surface area contributed by atoms with Crippen molar-refractivity contribution < 1.29 is 9.53 Å². The molecule has 7 heteroatoms. The molecular formula is C17H21N5O2. The van der Waals surface area contributed by atoms with Crippen molar-refractivity contribution in [3.8, 4) is 0 Å². The number of H-pyrrole nitrogens is 1. The molecule has 4 heterocycles. The molecule has 2 aromatic heterocycles. The number of carbonyl (C=O) groups is 1. The van der Waals surface area contributed by atoms with Crippen LogP contribution in [0.1, 0.15) is 16.9 Å². The molecule has 2 aliphatic heterocycles. The lowest BCUT2D eigenvalue weighted by molar-refractivity contribution is -0.0170. The van der Waals surface area contributed by atoms with Crippen molar-refractivity contribution >= 4 is 11.9 Å². The maximum Gasteiger partial charge on any atom is 0.270 e. The van der Waals surface area contributed by atoms with Crippen LogP contribution in [0.25, 0.3) is 0 Å². The normalized spacial score (nSPS) is 24.3. The van der Waals surface area contributed by atoms with Gasteiger partial charge >= 0.3 is 0 Å². The number of hydrogen-bond donors (Lipinski definition) is 1. The molecule has 0 bridgehead atoms. The summed E-state index contributed by atoms with van der Waals surface area (Å²) in [6.45, 7) is 3.68. The number of piperidine rings is 1. The van der Waals surface area contributed by atoms with E-state index in [9.17, 15) is 4.79 Å². The molecule has 24 heavy (non-hydrogen) atoms. The van der Waals surface area contributed by atoms with Crippen LogP contribution in [-0.2, 0) is 4.74 Å². The molecule has 0 radical (unpaired) electrons. The molecule has 1 amide bonds. The van der Waals surface area contributed by atoms with Crippen LogP contribution in [0.2, 0.25) is 0 Å². The number of fused-ring (bicyclic) bond motifs is 1. The summed E-state index contributed by atoms with van der Waals surface area (Å²) >= 11 is 0. The van der Waals surface area contributed by atoms with E-state index >= 15 is 0 Å². The van der Waals surface area contributed by atoms with E-state index in [2.05, 4.69) is 19.9 Å². The van der Waals surface area contributed by atoms with Crippen LogP contribution in [0.4, 0.5) is 5.95 Å². The van der Waals surface area contributed by atoms with Gasteiger partial charge in [0.25, 0.3) is 5.91 Å². The van der Waals surface area contributed by atoms with E-state index in [1.807, 2.05) is 23.1 Å². The van der Waals surface area contributed by atoms with Crippen molar-refractivity contribution in [3.05, 3.63) is 42.5 Å². The maximum atomic E-state index is 12.5. The highest BCUT2D eigenvalue weighted by atomic mass is 16.5. The van der Waals surface area contributed by atoms with E-state index in [1.165, 1.54) is 0 Å². The predicted molar refractivity (Wildman–Crippen MR) is 88.8 cm³/mol. The first-order valence-corrected chi connectivity index (χ1v) is 8.37. The second-order valence-electron chi connectivity index (χ2n) is 6.29. The zero-order valence-corrected chi connectivity index (χ0v) is 13.5. The van der Waals surface area contributed by atoms with Gasteiger partial charge in [-0.05, 0) is 24.6 Å². The highest BCUT2D eigenvalue weighted by Crippen LogP contribution is 2.26. The third kappa shape index (κ3) is 2.99. The summed E-state index contributed by atoms with van der Waals surface area (Å²) in [6.07, 6.45) is 6.32. The molecule has 7 nitrogen and oxygen atoms in total. The Kier molecular flexibility index (Phi) is 4.17. The van der Waals surface area contributed by atoms with Crippen LogP contribution in [0.5, 0.6) is 0 Å². The Labute approximate surface area is 140 Å². The van der Waals surface area contributed by atoms with Crippen LogP contribution >= 0.6 is 0 Å². The smallest absolute Gasteiger partial charge is 0.270 e. The number of nitrogens with zero attached hydrogens (tertiary/aromatic N) is 4. The van der Waals surface area contributed by atoms with Gasteiger partial charge in [0.2, 0.25) is 5.95 Å². The van der Waals surface area contributed by atoms with Gasteiger partial charge in [-0.1, -0.05) is 0 Å². The third-order valence-corrected chi connectivity index (χ3v) is 4.79.